The van der Waals surface area contributed by atoms with Crippen molar-refractivity contribution >= 4 is 0 Å². The van der Waals surface area contributed by atoms with E-state index in [9.17, 15) is 0 Å². The van der Waals surface area contributed by atoms with Crippen molar-refractivity contribution in [3.63, 3.8) is 0 Å². The van der Waals surface area contributed by atoms with Gasteiger partial charge in [-0.05, 0) is 53.4 Å². The zero-order valence-corrected chi connectivity index (χ0v) is 21.5. The maximum atomic E-state index is 5.68. The lowest BCUT2D eigenvalue weighted by molar-refractivity contribution is 0.121. The van der Waals surface area contributed by atoms with Crippen molar-refractivity contribution in [2.24, 2.45) is 0 Å². The minimum absolute atomic E-state index is 0.650. The smallest absolute Gasteiger partial charge is 0.203 e. The van der Waals surface area contributed by atoms with Crippen molar-refractivity contribution in [1.82, 2.24) is 9.80 Å². The maximum Gasteiger partial charge on any atom is 0.203 e. The second-order valence-electron chi connectivity index (χ2n) is 8.92. The quantitative estimate of drug-likeness (QED) is 0.432. The molecule has 1 aliphatic heterocycles. The molecule has 0 aliphatic carbocycles. The highest BCUT2D eigenvalue weighted by Crippen LogP contribution is 2.40. The number of nitrogens with zero attached hydrogens (tertiary/aromatic N) is 2. The van der Waals surface area contributed by atoms with Gasteiger partial charge >= 0.3 is 0 Å². The van der Waals surface area contributed by atoms with Gasteiger partial charge in [0, 0.05) is 44.8 Å². The molecule has 3 aromatic rings. The van der Waals surface area contributed by atoms with Crippen molar-refractivity contribution in [3.8, 4) is 34.1 Å². The Hall–Kier alpha value is -3.22. The van der Waals surface area contributed by atoms with E-state index in [1.807, 2.05) is 18.2 Å². The average molecular weight is 477 g/mol. The Morgan fingerprint density at radius 2 is 1.29 bits per heavy atom. The number of hydrogen-bond donors (Lipinski definition) is 0. The molecule has 0 atom stereocenters. The summed E-state index contributed by atoms with van der Waals surface area (Å²) in [6, 6.07) is 19.0. The highest BCUT2D eigenvalue weighted by Gasteiger charge is 2.22. The van der Waals surface area contributed by atoms with Crippen LogP contribution in [-0.4, -0.2) is 64.4 Å². The SMILES string of the molecule is COc1cccc(-c2ccc(C)c(CN3CCN(Cc4ccc(OC)c(OC)c4OC)CC3)c2)c1. The van der Waals surface area contributed by atoms with Gasteiger partial charge in [-0.1, -0.05) is 30.3 Å². The van der Waals surface area contributed by atoms with Gasteiger partial charge in [-0.25, -0.2) is 0 Å². The summed E-state index contributed by atoms with van der Waals surface area (Å²) in [6.07, 6.45) is 0. The number of hydrogen-bond acceptors (Lipinski definition) is 6. The van der Waals surface area contributed by atoms with Gasteiger partial charge in [-0.3, -0.25) is 9.80 Å². The average Bonchev–Trinajstić information content (AvgIpc) is 2.90. The molecule has 0 N–H and O–H groups in total. The molecule has 0 unspecified atom stereocenters. The maximum absolute atomic E-state index is 5.68. The van der Waals surface area contributed by atoms with Crippen LogP contribution in [0.4, 0.5) is 0 Å². The standard InChI is InChI=1S/C29H36N2O4/c1-21-9-10-23(22-7-6-8-26(18-22)32-2)17-25(21)20-31-15-13-30(14-16-31)19-24-11-12-27(33-3)29(35-5)28(24)34-4/h6-12,17-18H,13-16,19-20H2,1-5H3. The van der Waals surface area contributed by atoms with E-state index in [1.165, 1.54) is 22.3 Å². The van der Waals surface area contributed by atoms with E-state index in [4.69, 9.17) is 18.9 Å². The third kappa shape index (κ3) is 5.72. The van der Waals surface area contributed by atoms with Gasteiger partial charge in [0.15, 0.2) is 11.5 Å². The number of methoxy groups -OCH3 is 4. The Morgan fingerprint density at radius 3 is 1.91 bits per heavy atom. The Morgan fingerprint density at radius 1 is 0.629 bits per heavy atom. The van der Waals surface area contributed by atoms with Gasteiger partial charge in [0.1, 0.15) is 5.75 Å². The van der Waals surface area contributed by atoms with E-state index in [0.29, 0.717) is 11.5 Å². The van der Waals surface area contributed by atoms with Crippen LogP contribution >= 0.6 is 0 Å². The summed E-state index contributed by atoms with van der Waals surface area (Å²) < 4.78 is 22.1. The largest absolute Gasteiger partial charge is 0.497 e. The van der Waals surface area contributed by atoms with E-state index < -0.39 is 0 Å². The number of aryl methyl sites for hydroxylation is 1. The van der Waals surface area contributed by atoms with E-state index in [1.54, 1.807) is 28.4 Å². The van der Waals surface area contributed by atoms with Crippen LogP contribution in [-0.2, 0) is 13.1 Å². The van der Waals surface area contributed by atoms with E-state index in [0.717, 1.165) is 56.3 Å². The molecule has 0 saturated carbocycles. The Kier molecular flexibility index (Phi) is 8.16. The third-order valence-electron chi connectivity index (χ3n) is 6.79. The molecule has 6 nitrogen and oxygen atoms in total. The van der Waals surface area contributed by atoms with E-state index in [-0.39, 0.29) is 0 Å². The van der Waals surface area contributed by atoms with Crippen molar-refractivity contribution in [1.29, 1.82) is 0 Å². The van der Waals surface area contributed by atoms with Crippen molar-refractivity contribution in [2.45, 2.75) is 20.0 Å². The normalized spacial score (nSPS) is 14.5. The molecule has 0 bridgehead atoms. The number of rotatable bonds is 9. The van der Waals surface area contributed by atoms with Crippen LogP contribution in [0.3, 0.4) is 0 Å². The first kappa shape index (κ1) is 24.9. The molecule has 0 spiro atoms. The molecule has 4 rings (SSSR count). The second-order valence-corrected chi connectivity index (χ2v) is 8.92. The minimum atomic E-state index is 0.650. The summed E-state index contributed by atoms with van der Waals surface area (Å²) in [5.74, 6) is 2.97. The zero-order chi connectivity index (χ0) is 24.8. The molecule has 1 heterocycles. The van der Waals surface area contributed by atoms with Crippen LogP contribution in [0.25, 0.3) is 11.1 Å². The topological polar surface area (TPSA) is 43.4 Å². The lowest BCUT2D eigenvalue weighted by Crippen LogP contribution is -2.45. The van der Waals surface area contributed by atoms with Gasteiger partial charge in [0.25, 0.3) is 0 Å². The molecular formula is C29H36N2O4. The molecule has 186 valence electrons. The van der Waals surface area contributed by atoms with Crippen molar-refractivity contribution in [2.75, 3.05) is 54.6 Å². The molecule has 6 heteroatoms. The first-order valence-corrected chi connectivity index (χ1v) is 12.0. The molecular weight excluding hydrogens is 440 g/mol. The highest BCUT2D eigenvalue weighted by atomic mass is 16.5. The summed E-state index contributed by atoms with van der Waals surface area (Å²) in [5, 5.41) is 0. The Balaban J connectivity index is 1.40. The fourth-order valence-corrected chi connectivity index (χ4v) is 4.70. The van der Waals surface area contributed by atoms with Crippen LogP contribution in [0.1, 0.15) is 16.7 Å². The van der Waals surface area contributed by atoms with E-state index in [2.05, 4.69) is 53.1 Å². The number of piperazine rings is 1. The van der Waals surface area contributed by atoms with Crippen LogP contribution < -0.4 is 18.9 Å². The van der Waals surface area contributed by atoms with Gasteiger partial charge < -0.3 is 18.9 Å². The molecule has 1 fully saturated rings. The summed E-state index contributed by atoms with van der Waals surface area (Å²) in [6.45, 7) is 8.04. The van der Waals surface area contributed by atoms with Crippen LogP contribution in [0, 0.1) is 6.92 Å². The fraction of sp³-hybridized carbons (Fsp3) is 0.379. The van der Waals surface area contributed by atoms with Gasteiger partial charge in [0.05, 0.1) is 28.4 Å². The summed E-state index contributed by atoms with van der Waals surface area (Å²) in [5.41, 5.74) is 6.22. The third-order valence-corrected chi connectivity index (χ3v) is 6.79. The van der Waals surface area contributed by atoms with Gasteiger partial charge in [-0.15, -0.1) is 0 Å². The van der Waals surface area contributed by atoms with Crippen LogP contribution in [0.15, 0.2) is 54.6 Å². The summed E-state index contributed by atoms with van der Waals surface area (Å²) >= 11 is 0. The monoisotopic (exact) mass is 476 g/mol. The lowest BCUT2D eigenvalue weighted by Gasteiger charge is -2.35. The zero-order valence-electron chi connectivity index (χ0n) is 21.5. The molecule has 35 heavy (non-hydrogen) atoms. The molecule has 0 aromatic heterocycles. The van der Waals surface area contributed by atoms with Gasteiger partial charge in [-0.2, -0.15) is 0 Å². The minimum Gasteiger partial charge on any atom is -0.497 e. The van der Waals surface area contributed by atoms with Crippen LogP contribution in [0.2, 0.25) is 0 Å². The molecule has 1 aliphatic rings. The molecule has 1 saturated heterocycles. The van der Waals surface area contributed by atoms with Crippen molar-refractivity contribution in [3.05, 3.63) is 71.3 Å². The number of ether oxygens (including phenoxy) is 4. The van der Waals surface area contributed by atoms with Crippen LogP contribution in [0.5, 0.6) is 23.0 Å². The predicted molar refractivity (Wildman–Crippen MR) is 140 cm³/mol. The lowest BCUT2D eigenvalue weighted by atomic mass is 9.99. The highest BCUT2D eigenvalue weighted by molar-refractivity contribution is 5.66. The Labute approximate surface area is 209 Å². The van der Waals surface area contributed by atoms with Gasteiger partial charge in [0.2, 0.25) is 5.75 Å². The molecule has 0 amide bonds. The number of benzene rings is 3. The summed E-state index contributed by atoms with van der Waals surface area (Å²) in [4.78, 5) is 5.01. The first-order chi connectivity index (χ1) is 17.1. The molecule has 0 radical (unpaired) electrons. The predicted octanol–water partition coefficient (Wildman–Crippen LogP) is 5.01. The second kappa shape index (κ2) is 11.5. The molecule has 3 aromatic carbocycles. The first-order valence-electron chi connectivity index (χ1n) is 12.0. The van der Waals surface area contributed by atoms with E-state index >= 15 is 0 Å². The van der Waals surface area contributed by atoms with Crippen molar-refractivity contribution < 1.29 is 18.9 Å². The Bertz CT molecular complexity index is 1140. The summed E-state index contributed by atoms with van der Waals surface area (Å²) in [7, 11) is 6.68. The fourth-order valence-electron chi connectivity index (χ4n) is 4.70.